The summed E-state index contributed by atoms with van der Waals surface area (Å²) in [6.07, 6.45) is 0. The van der Waals surface area contributed by atoms with Crippen LogP contribution in [0, 0.1) is 0 Å². The van der Waals surface area contributed by atoms with Crippen LogP contribution in [0.15, 0.2) is 29.2 Å². The van der Waals surface area contributed by atoms with E-state index in [0.717, 1.165) is 0 Å². The number of hydrogen-bond donors (Lipinski definition) is 0. The summed E-state index contributed by atoms with van der Waals surface area (Å²) in [5, 5.41) is 0. The molecular formula is C8H9NaO3S. The standard InChI is InChI=1S/C8H10O3S.Na/c1-2-11-7-4-3-5-8(6-7)12(9)10;/h3-6H,2H2,1H3,(H,9,10);/q;+1/p-1. The Kier molecular flexibility index (Phi) is 6.63. The van der Waals surface area contributed by atoms with Crippen molar-refractivity contribution in [2.45, 2.75) is 11.8 Å². The number of benzene rings is 1. The van der Waals surface area contributed by atoms with E-state index in [9.17, 15) is 8.76 Å². The monoisotopic (exact) mass is 208 g/mol. The first kappa shape index (κ1) is 13.1. The molecule has 1 atom stereocenters. The van der Waals surface area contributed by atoms with Gasteiger partial charge in [-0.25, -0.2) is 0 Å². The van der Waals surface area contributed by atoms with Crippen molar-refractivity contribution in [3.05, 3.63) is 24.3 Å². The van der Waals surface area contributed by atoms with Crippen LogP contribution in [0.5, 0.6) is 5.75 Å². The Morgan fingerprint density at radius 3 is 2.77 bits per heavy atom. The molecule has 0 heterocycles. The summed E-state index contributed by atoms with van der Waals surface area (Å²) in [6.45, 7) is 2.38. The van der Waals surface area contributed by atoms with Crippen molar-refractivity contribution >= 4 is 11.1 Å². The predicted octanol–water partition coefficient (Wildman–Crippen LogP) is -1.67. The molecule has 0 radical (unpaired) electrons. The molecule has 1 unspecified atom stereocenters. The minimum atomic E-state index is -2.17. The second-order valence-corrected chi connectivity index (χ2v) is 3.08. The molecule has 0 aliphatic heterocycles. The van der Waals surface area contributed by atoms with Gasteiger partial charge in [0.25, 0.3) is 0 Å². The zero-order valence-electron chi connectivity index (χ0n) is 7.65. The van der Waals surface area contributed by atoms with Crippen molar-refractivity contribution in [3.63, 3.8) is 0 Å². The second kappa shape index (κ2) is 6.56. The summed E-state index contributed by atoms with van der Waals surface area (Å²) in [7, 11) is 0. The third kappa shape index (κ3) is 4.24. The summed E-state index contributed by atoms with van der Waals surface area (Å²) in [5.41, 5.74) is 0. The first-order valence-electron chi connectivity index (χ1n) is 3.56. The molecule has 13 heavy (non-hydrogen) atoms. The van der Waals surface area contributed by atoms with E-state index in [1.54, 1.807) is 12.1 Å². The van der Waals surface area contributed by atoms with Gasteiger partial charge in [-0.05, 0) is 36.2 Å². The Hall–Kier alpha value is 0.130. The third-order valence-corrected chi connectivity index (χ3v) is 1.95. The van der Waals surface area contributed by atoms with E-state index < -0.39 is 11.1 Å². The van der Waals surface area contributed by atoms with Gasteiger partial charge in [-0.3, -0.25) is 4.21 Å². The fourth-order valence-electron chi connectivity index (χ4n) is 0.834. The Balaban J connectivity index is 0.00000144. The summed E-state index contributed by atoms with van der Waals surface area (Å²) >= 11 is -2.17. The Labute approximate surface area is 102 Å². The maximum absolute atomic E-state index is 10.5. The summed E-state index contributed by atoms with van der Waals surface area (Å²) in [6, 6.07) is 6.38. The van der Waals surface area contributed by atoms with E-state index in [1.165, 1.54) is 12.1 Å². The van der Waals surface area contributed by atoms with Gasteiger partial charge in [0.15, 0.2) is 0 Å². The average Bonchev–Trinajstić information content (AvgIpc) is 2.05. The molecule has 1 aromatic carbocycles. The van der Waals surface area contributed by atoms with E-state index in [1.807, 2.05) is 6.92 Å². The van der Waals surface area contributed by atoms with Crippen LogP contribution in [0.4, 0.5) is 0 Å². The molecule has 0 spiro atoms. The smallest absolute Gasteiger partial charge is 0.768 e. The van der Waals surface area contributed by atoms with Gasteiger partial charge in [-0.15, -0.1) is 0 Å². The van der Waals surface area contributed by atoms with Crippen LogP contribution in [0.3, 0.4) is 0 Å². The minimum absolute atomic E-state index is 0. The van der Waals surface area contributed by atoms with Crippen molar-refractivity contribution in [1.29, 1.82) is 0 Å². The van der Waals surface area contributed by atoms with Crippen LogP contribution < -0.4 is 34.3 Å². The normalized spacial score (nSPS) is 11.5. The van der Waals surface area contributed by atoms with E-state index in [4.69, 9.17) is 4.74 Å². The molecular weight excluding hydrogens is 199 g/mol. The zero-order valence-corrected chi connectivity index (χ0v) is 10.5. The number of rotatable bonds is 3. The Bertz CT molecular complexity index is 290. The van der Waals surface area contributed by atoms with Crippen LogP contribution in [-0.4, -0.2) is 15.4 Å². The van der Waals surface area contributed by atoms with Crippen molar-refractivity contribution in [2.24, 2.45) is 0 Å². The van der Waals surface area contributed by atoms with Crippen molar-refractivity contribution in [3.8, 4) is 5.75 Å². The van der Waals surface area contributed by atoms with Gasteiger partial charge in [0.2, 0.25) is 0 Å². The quantitative estimate of drug-likeness (QED) is 0.441. The molecule has 5 heteroatoms. The van der Waals surface area contributed by atoms with Gasteiger partial charge in [0, 0.05) is 4.90 Å². The van der Waals surface area contributed by atoms with Crippen molar-refractivity contribution in [2.75, 3.05) is 6.61 Å². The molecule has 66 valence electrons. The predicted molar refractivity (Wildman–Crippen MR) is 44.8 cm³/mol. The van der Waals surface area contributed by atoms with Crippen molar-refractivity contribution < 1.29 is 43.1 Å². The summed E-state index contributed by atoms with van der Waals surface area (Å²) in [5.74, 6) is 0.583. The number of ether oxygens (including phenoxy) is 1. The first-order chi connectivity index (χ1) is 5.74. The van der Waals surface area contributed by atoms with E-state index >= 15 is 0 Å². The maximum atomic E-state index is 10.5. The fraction of sp³-hybridized carbons (Fsp3) is 0.250. The first-order valence-corrected chi connectivity index (χ1v) is 4.63. The molecule has 0 saturated carbocycles. The molecule has 0 saturated heterocycles. The van der Waals surface area contributed by atoms with Crippen LogP contribution in [0.2, 0.25) is 0 Å². The van der Waals surface area contributed by atoms with Crippen LogP contribution in [-0.2, 0) is 11.1 Å². The van der Waals surface area contributed by atoms with Crippen LogP contribution in [0.25, 0.3) is 0 Å². The van der Waals surface area contributed by atoms with Crippen LogP contribution >= 0.6 is 0 Å². The van der Waals surface area contributed by atoms with Gasteiger partial charge in [0.1, 0.15) is 5.75 Å². The van der Waals surface area contributed by atoms with Gasteiger partial charge in [-0.2, -0.15) is 0 Å². The molecule has 1 aromatic rings. The van der Waals surface area contributed by atoms with Crippen LogP contribution in [0.1, 0.15) is 6.92 Å². The van der Waals surface area contributed by atoms with Gasteiger partial charge < -0.3 is 9.29 Å². The largest absolute Gasteiger partial charge is 1.00 e. The molecule has 0 aliphatic rings. The molecule has 0 N–H and O–H groups in total. The molecule has 1 rings (SSSR count). The molecule has 0 aromatic heterocycles. The topological polar surface area (TPSA) is 49.4 Å². The van der Waals surface area contributed by atoms with E-state index in [0.29, 0.717) is 12.4 Å². The molecule has 0 amide bonds. The minimum Gasteiger partial charge on any atom is -0.768 e. The molecule has 3 nitrogen and oxygen atoms in total. The maximum Gasteiger partial charge on any atom is 1.00 e. The van der Waals surface area contributed by atoms with Gasteiger partial charge in [0.05, 0.1) is 6.61 Å². The van der Waals surface area contributed by atoms with Gasteiger partial charge >= 0.3 is 29.6 Å². The van der Waals surface area contributed by atoms with E-state index in [-0.39, 0.29) is 34.5 Å². The fourth-order valence-corrected chi connectivity index (χ4v) is 1.24. The molecule has 0 fully saturated rings. The number of hydrogen-bond acceptors (Lipinski definition) is 3. The average molecular weight is 208 g/mol. The van der Waals surface area contributed by atoms with E-state index in [2.05, 4.69) is 0 Å². The third-order valence-electron chi connectivity index (χ3n) is 1.31. The second-order valence-electron chi connectivity index (χ2n) is 2.14. The van der Waals surface area contributed by atoms with Crippen molar-refractivity contribution in [1.82, 2.24) is 0 Å². The summed E-state index contributed by atoms with van der Waals surface area (Å²) in [4.78, 5) is 0.251. The van der Waals surface area contributed by atoms with Gasteiger partial charge in [-0.1, -0.05) is 6.07 Å². The summed E-state index contributed by atoms with van der Waals surface area (Å²) < 4.78 is 26.1. The Morgan fingerprint density at radius 2 is 2.23 bits per heavy atom. The SMILES string of the molecule is CCOc1cccc(S(=O)[O-])c1.[Na+]. The Morgan fingerprint density at radius 1 is 1.54 bits per heavy atom. The zero-order chi connectivity index (χ0) is 8.97. The molecule has 0 aliphatic carbocycles. The molecule has 0 bridgehead atoms.